The van der Waals surface area contributed by atoms with Crippen LogP contribution in [-0.4, -0.2) is 47.3 Å². The Kier molecular flexibility index (Phi) is 6.57. The van der Waals surface area contributed by atoms with E-state index in [1.807, 2.05) is 38.3 Å². The molecule has 2 rings (SSSR count). The molecule has 1 aromatic rings. The minimum atomic E-state index is -0.840. The molecule has 1 aliphatic rings. The molecule has 1 fully saturated rings. The number of amides is 3. The summed E-state index contributed by atoms with van der Waals surface area (Å²) < 4.78 is 5.36. The smallest absolute Gasteiger partial charge is 0.332 e. The van der Waals surface area contributed by atoms with E-state index < -0.39 is 17.6 Å². The first-order valence-electron chi connectivity index (χ1n) is 9.04. The molecule has 1 aliphatic heterocycles. The van der Waals surface area contributed by atoms with Gasteiger partial charge in [0.05, 0.1) is 12.1 Å². The van der Waals surface area contributed by atoms with Crippen LogP contribution in [0.15, 0.2) is 29.2 Å². The number of anilines is 1. The Hall–Kier alpha value is -2.02. The minimum absolute atomic E-state index is 0.146. The second-order valence-electron chi connectivity index (χ2n) is 8.01. The van der Waals surface area contributed by atoms with Gasteiger partial charge in [-0.25, -0.2) is 9.69 Å². The molecule has 3 amide bonds. The second-order valence-corrected chi connectivity index (χ2v) is 8.89. The molecule has 0 aromatic heterocycles. The number of nitrogens with zero attached hydrogens (tertiary/aromatic N) is 2. The van der Waals surface area contributed by atoms with Crippen molar-refractivity contribution in [3.05, 3.63) is 24.3 Å². The first-order valence-corrected chi connectivity index (χ1v) is 10.3. The molecule has 27 heavy (non-hydrogen) atoms. The van der Waals surface area contributed by atoms with Crippen molar-refractivity contribution in [1.82, 2.24) is 4.90 Å². The number of imide groups is 1. The van der Waals surface area contributed by atoms with Crippen LogP contribution in [-0.2, 0) is 14.3 Å². The number of esters is 1. The van der Waals surface area contributed by atoms with Crippen LogP contribution in [0.4, 0.5) is 10.5 Å². The quantitative estimate of drug-likeness (QED) is 0.417. The van der Waals surface area contributed by atoms with Gasteiger partial charge in [0.2, 0.25) is 0 Å². The fourth-order valence-electron chi connectivity index (χ4n) is 2.96. The molecule has 0 N–H and O–H groups in total. The van der Waals surface area contributed by atoms with Gasteiger partial charge in [-0.2, -0.15) is 0 Å². The van der Waals surface area contributed by atoms with Crippen molar-refractivity contribution >= 4 is 35.4 Å². The van der Waals surface area contributed by atoms with Crippen molar-refractivity contribution in [2.75, 3.05) is 17.7 Å². The van der Waals surface area contributed by atoms with Gasteiger partial charge in [0.1, 0.15) is 11.6 Å². The maximum atomic E-state index is 13.1. The fraction of sp³-hybridized carbons (Fsp3) is 0.550. The highest BCUT2D eigenvalue weighted by Crippen LogP contribution is 2.30. The third-order valence-electron chi connectivity index (χ3n) is 3.97. The Labute approximate surface area is 165 Å². The van der Waals surface area contributed by atoms with E-state index in [0.29, 0.717) is 12.2 Å². The monoisotopic (exact) mass is 392 g/mol. The van der Waals surface area contributed by atoms with Crippen LogP contribution >= 0.6 is 11.8 Å². The molecule has 1 aromatic carbocycles. The Morgan fingerprint density at radius 1 is 1.26 bits per heavy atom. The second kappa shape index (κ2) is 8.33. The SMILES string of the molecule is CSc1cccc(N2C(=O)[C@H](CC(=O)OC(C)(C)C)N(CC(C)C)C2=O)c1. The summed E-state index contributed by atoms with van der Waals surface area (Å²) in [4.78, 5) is 42.0. The maximum absolute atomic E-state index is 13.1. The van der Waals surface area contributed by atoms with E-state index in [-0.39, 0.29) is 24.3 Å². The average molecular weight is 393 g/mol. The highest BCUT2D eigenvalue weighted by molar-refractivity contribution is 7.98. The van der Waals surface area contributed by atoms with Crippen LogP contribution in [0.5, 0.6) is 0 Å². The summed E-state index contributed by atoms with van der Waals surface area (Å²) in [7, 11) is 0. The van der Waals surface area contributed by atoms with Crippen LogP contribution in [0.25, 0.3) is 0 Å². The molecule has 0 saturated carbocycles. The predicted molar refractivity (Wildman–Crippen MR) is 107 cm³/mol. The number of hydrogen-bond acceptors (Lipinski definition) is 5. The molecule has 7 heteroatoms. The Morgan fingerprint density at radius 2 is 1.93 bits per heavy atom. The zero-order valence-electron chi connectivity index (χ0n) is 16.8. The highest BCUT2D eigenvalue weighted by Gasteiger charge is 2.47. The Bertz CT molecular complexity index is 727. The van der Waals surface area contributed by atoms with Gasteiger partial charge in [0.15, 0.2) is 0 Å². The summed E-state index contributed by atoms with van der Waals surface area (Å²) in [5.74, 6) is -0.702. The number of rotatable bonds is 6. The van der Waals surface area contributed by atoms with Crippen molar-refractivity contribution in [3.63, 3.8) is 0 Å². The normalized spacial score (nSPS) is 17.8. The minimum Gasteiger partial charge on any atom is -0.460 e. The molecule has 6 nitrogen and oxygen atoms in total. The lowest BCUT2D eigenvalue weighted by atomic mass is 10.1. The lowest BCUT2D eigenvalue weighted by Gasteiger charge is -2.25. The number of ether oxygens (including phenoxy) is 1. The summed E-state index contributed by atoms with van der Waals surface area (Å²) in [5, 5.41) is 0. The number of benzene rings is 1. The standard InChI is InChI=1S/C20H28N2O4S/c1-13(2)12-21-16(11-17(23)26-20(3,4)5)18(24)22(19(21)25)14-8-7-9-15(10-14)27-6/h7-10,13,16H,11-12H2,1-6H3/t16-/m0/s1. The largest absolute Gasteiger partial charge is 0.460 e. The molecule has 0 bridgehead atoms. The van der Waals surface area contributed by atoms with E-state index in [2.05, 4.69) is 0 Å². The van der Waals surface area contributed by atoms with Gasteiger partial charge in [-0.15, -0.1) is 11.8 Å². The van der Waals surface area contributed by atoms with Gasteiger partial charge in [0, 0.05) is 11.4 Å². The van der Waals surface area contributed by atoms with Crippen molar-refractivity contribution in [2.24, 2.45) is 5.92 Å². The first-order chi connectivity index (χ1) is 12.5. The van der Waals surface area contributed by atoms with Gasteiger partial charge in [-0.3, -0.25) is 9.59 Å². The topological polar surface area (TPSA) is 66.9 Å². The molecule has 0 aliphatic carbocycles. The summed E-state index contributed by atoms with van der Waals surface area (Å²) in [6.07, 6.45) is 1.79. The Morgan fingerprint density at radius 3 is 2.48 bits per heavy atom. The van der Waals surface area contributed by atoms with Gasteiger partial charge < -0.3 is 9.64 Å². The van der Waals surface area contributed by atoms with E-state index >= 15 is 0 Å². The summed E-state index contributed by atoms with van der Waals surface area (Å²) in [6, 6.07) is 6.05. The fourth-order valence-corrected chi connectivity index (χ4v) is 3.42. The number of thioether (sulfide) groups is 1. The molecule has 1 atom stereocenters. The van der Waals surface area contributed by atoms with Gasteiger partial charge in [-0.05, 0) is 51.1 Å². The highest BCUT2D eigenvalue weighted by atomic mass is 32.2. The number of carbonyl (C=O) groups excluding carboxylic acids is 3. The van der Waals surface area contributed by atoms with Crippen LogP contribution in [0.2, 0.25) is 0 Å². The number of urea groups is 1. The van der Waals surface area contributed by atoms with Gasteiger partial charge in [0.25, 0.3) is 5.91 Å². The zero-order chi connectivity index (χ0) is 20.4. The van der Waals surface area contributed by atoms with Crippen molar-refractivity contribution in [3.8, 4) is 0 Å². The molecule has 0 unspecified atom stereocenters. The lowest BCUT2D eigenvalue weighted by Crippen LogP contribution is -2.40. The van der Waals surface area contributed by atoms with E-state index in [9.17, 15) is 14.4 Å². The van der Waals surface area contributed by atoms with Crippen LogP contribution < -0.4 is 4.90 Å². The summed E-state index contributed by atoms with van der Waals surface area (Å²) >= 11 is 1.54. The molecule has 148 valence electrons. The Balaban J connectivity index is 2.32. The predicted octanol–water partition coefficient (Wildman–Crippen LogP) is 3.93. The first kappa shape index (κ1) is 21.3. The summed E-state index contributed by atoms with van der Waals surface area (Å²) in [5.41, 5.74) is -0.116. The van der Waals surface area contributed by atoms with E-state index in [4.69, 9.17) is 4.74 Å². The van der Waals surface area contributed by atoms with Crippen LogP contribution in [0.1, 0.15) is 41.0 Å². The van der Waals surface area contributed by atoms with Crippen molar-refractivity contribution in [2.45, 2.75) is 57.6 Å². The van der Waals surface area contributed by atoms with Crippen LogP contribution in [0.3, 0.4) is 0 Å². The van der Waals surface area contributed by atoms with Crippen molar-refractivity contribution < 1.29 is 19.1 Å². The lowest BCUT2D eigenvalue weighted by molar-refractivity contribution is -0.156. The molecular formula is C20H28N2O4S. The third-order valence-corrected chi connectivity index (χ3v) is 4.70. The molecule has 1 heterocycles. The third kappa shape index (κ3) is 5.25. The van der Waals surface area contributed by atoms with E-state index in [1.165, 1.54) is 21.6 Å². The average Bonchev–Trinajstić information content (AvgIpc) is 2.77. The maximum Gasteiger partial charge on any atom is 0.332 e. The molecule has 1 saturated heterocycles. The molecule has 0 radical (unpaired) electrons. The summed E-state index contributed by atoms with van der Waals surface area (Å²) in [6.45, 7) is 9.67. The van der Waals surface area contributed by atoms with Crippen LogP contribution in [0, 0.1) is 5.92 Å². The van der Waals surface area contributed by atoms with E-state index in [0.717, 1.165) is 4.90 Å². The van der Waals surface area contributed by atoms with E-state index in [1.54, 1.807) is 26.8 Å². The van der Waals surface area contributed by atoms with Gasteiger partial charge >= 0.3 is 12.0 Å². The van der Waals surface area contributed by atoms with Crippen molar-refractivity contribution in [1.29, 1.82) is 0 Å². The molecular weight excluding hydrogens is 364 g/mol. The zero-order valence-corrected chi connectivity index (χ0v) is 17.6. The number of hydrogen-bond donors (Lipinski definition) is 0. The van der Waals surface area contributed by atoms with Gasteiger partial charge in [-0.1, -0.05) is 19.9 Å². The molecule has 0 spiro atoms. The number of carbonyl (C=O) groups is 3.